The minimum Gasteiger partial charge on any atom is -0.481 e. The molecule has 0 fully saturated rings. The third kappa shape index (κ3) is 3.45. The number of rotatable bonds is 4. The molecule has 0 spiro atoms. The van der Waals surface area contributed by atoms with Crippen molar-refractivity contribution in [1.29, 1.82) is 0 Å². The first-order valence-electron chi connectivity index (χ1n) is 5.53. The van der Waals surface area contributed by atoms with Gasteiger partial charge in [-0.3, -0.25) is 4.21 Å². The first-order chi connectivity index (χ1) is 9.10. The quantitative estimate of drug-likeness (QED) is 0.881. The summed E-state index contributed by atoms with van der Waals surface area (Å²) in [5.41, 5.74) is 6.89. The lowest BCUT2D eigenvalue weighted by Crippen LogP contribution is -2.01. The highest BCUT2D eigenvalue weighted by atomic mass is 35.5. The third-order valence-electron chi connectivity index (χ3n) is 2.47. The second kappa shape index (κ2) is 6.04. The van der Waals surface area contributed by atoms with E-state index in [-0.39, 0.29) is 5.75 Å². The van der Waals surface area contributed by atoms with Crippen LogP contribution in [-0.4, -0.2) is 16.3 Å². The summed E-state index contributed by atoms with van der Waals surface area (Å²) in [6.07, 6.45) is 0. The number of pyridine rings is 1. The summed E-state index contributed by atoms with van der Waals surface area (Å²) in [7, 11) is 0.243. The third-order valence-corrected chi connectivity index (χ3v) is 4.30. The molecule has 1 unspecified atom stereocenters. The van der Waals surface area contributed by atoms with Crippen molar-refractivity contribution in [2.45, 2.75) is 10.6 Å². The molecule has 0 saturated heterocycles. The van der Waals surface area contributed by atoms with Gasteiger partial charge in [0.1, 0.15) is 0 Å². The van der Waals surface area contributed by atoms with Gasteiger partial charge in [0.05, 0.1) is 39.3 Å². The Labute approximate surface area is 119 Å². The molecule has 100 valence electrons. The van der Waals surface area contributed by atoms with Crippen LogP contribution in [0.4, 0.5) is 5.69 Å². The van der Waals surface area contributed by atoms with Crippen molar-refractivity contribution in [2.75, 3.05) is 12.8 Å². The number of aromatic nitrogens is 1. The summed E-state index contributed by atoms with van der Waals surface area (Å²) < 4.78 is 17.3. The van der Waals surface area contributed by atoms with Gasteiger partial charge in [-0.05, 0) is 24.3 Å². The highest BCUT2D eigenvalue weighted by Gasteiger charge is 2.11. The standard InChI is InChI=1S/C13H13ClN2O2S/c1-18-13-4-2-3-10(16-13)8-19(17)12-7-9(15)5-6-11(12)14/h2-7H,8,15H2,1H3. The SMILES string of the molecule is COc1cccc(CS(=O)c2cc(N)ccc2Cl)n1. The molecule has 0 aliphatic rings. The lowest BCUT2D eigenvalue weighted by molar-refractivity contribution is 0.397. The van der Waals surface area contributed by atoms with E-state index < -0.39 is 10.8 Å². The van der Waals surface area contributed by atoms with Gasteiger partial charge < -0.3 is 10.5 Å². The molecule has 2 aromatic rings. The minimum absolute atomic E-state index is 0.264. The van der Waals surface area contributed by atoms with Gasteiger partial charge in [-0.2, -0.15) is 0 Å². The van der Waals surface area contributed by atoms with Gasteiger partial charge in [0.2, 0.25) is 5.88 Å². The van der Waals surface area contributed by atoms with Crippen LogP contribution in [0.3, 0.4) is 0 Å². The Morgan fingerprint density at radius 1 is 1.37 bits per heavy atom. The lowest BCUT2D eigenvalue weighted by Gasteiger charge is -2.06. The number of nitrogens with two attached hydrogens (primary N) is 1. The topological polar surface area (TPSA) is 65.2 Å². The van der Waals surface area contributed by atoms with Crippen molar-refractivity contribution < 1.29 is 8.95 Å². The van der Waals surface area contributed by atoms with Gasteiger partial charge in [-0.15, -0.1) is 0 Å². The van der Waals surface area contributed by atoms with E-state index in [1.807, 2.05) is 0 Å². The summed E-state index contributed by atoms with van der Waals surface area (Å²) in [5, 5.41) is 0.440. The molecule has 0 amide bonds. The highest BCUT2D eigenvalue weighted by molar-refractivity contribution is 7.84. The van der Waals surface area contributed by atoms with Crippen LogP contribution >= 0.6 is 11.6 Å². The van der Waals surface area contributed by atoms with Crippen LogP contribution in [0, 0.1) is 0 Å². The van der Waals surface area contributed by atoms with E-state index in [1.54, 1.807) is 36.4 Å². The molecular weight excluding hydrogens is 284 g/mol. The Kier molecular flexibility index (Phi) is 4.39. The van der Waals surface area contributed by atoms with E-state index in [0.29, 0.717) is 27.2 Å². The molecule has 2 rings (SSSR count). The summed E-state index contributed by atoms with van der Waals surface area (Å²) in [6, 6.07) is 10.3. The molecule has 0 bridgehead atoms. The first kappa shape index (κ1) is 13.8. The van der Waals surface area contributed by atoms with Crippen LogP contribution in [-0.2, 0) is 16.6 Å². The first-order valence-corrected chi connectivity index (χ1v) is 7.23. The molecule has 0 saturated carbocycles. The maximum absolute atomic E-state index is 12.3. The Morgan fingerprint density at radius 3 is 2.89 bits per heavy atom. The smallest absolute Gasteiger partial charge is 0.213 e. The van der Waals surface area contributed by atoms with Crippen molar-refractivity contribution in [2.24, 2.45) is 0 Å². The fourth-order valence-corrected chi connectivity index (χ4v) is 3.07. The predicted molar refractivity (Wildman–Crippen MR) is 76.8 cm³/mol. The van der Waals surface area contributed by atoms with Gasteiger partial charge in [-0.25, -0.2) is 4.98 Å². The number of hydrogen-bond donors (Lipinski definition) is 1. The van der Waals surface area contributed by atoms with Crippen molar-refractivity contribution in [3.63, 3.8) is 0 Å². The molecule has 4 nitrogen and oxygen atoms in total. The molecule has 19 heavy (non-hydrogen) atoms. The van der Waals surface area contributed by atoms with E-state index in [2.05, 4.69) is 4.98 Å². The van der Waals surface area contributed by atoms with Crippen LogP contribution in [0.2, 0.25) is 5.02 Å². The monoisotopic (exact) mass is 296 g/mol. The van der Waals surface area contributed by atoms with Crippen molar-refractivity contribution in [3.05, 3.63) is 47.1 Å². The van der Waals surface area contributed by atoms with Gasteiger partial charge >= 0.3 is 0 Å². The number of methoxy groups -OCH3 is 1. The summed E-state index contributed by atoms with van der Waals surface area (Å²) in [6.45, 7) is 0. The van der Waals surface area contributed by atoms with Crippen LogP contribution in [0.5, 0.6) is 5.88 Å². The molecule has 0 aliphatic carbocycles. The molecule has 0 radical (unpaired) electrons. The maximum Gasteiger partial charge on any atom is 0.213 e. The molecule has 0 aliphatic heterocycles. The largest absolute Gasteiger partial charge is 0.481 e. The van der Waals surface area contributed by atoms with Crippen molar-refractivity contribution >= 4 is 28.1 Å². The van der Waals surface area contributed by atoms with Crippen LogP contribution < -0.4 is 10.5 Å². The Morgan fingerprint density at radius 2 is 2.16 bits per heavy atom. The zero-order valence-corrected chi connectivity index (χ0v) is 11.9. The zero-order valence-electron chi connectivity index (χ0n) is 10.3. The molecular formula is C13H13ClN2O2S. The maximum atomic E-state index is 12.3. The van der Waals surface area contributed by atoms with Gasteiger partial charge in [0.15, 0.2) is 0 Å². The molecule has 6 heteroatoms. The number of benzene rings is 1. The second-order valence-electron chi connectivity index (χ2n) is 3.85. The van der Waals surface area contributed by atoms with E-state index in [4.69, 9.17) is 22.1 Å². The number of nitrogen functional groups attached to an aromatic ring is 1. The van der Waals surface area contributed by atoms with Gasteiger partial charge in [-0.1, -0.05) is 17.7 Å². The number of hydrogen-bond acceptors (Lipinski definition) is 4. The van der Waals surface area contributed by atoms with Crippen molar-refractivity contribution in [3.8, 4) is 5.88 Å². The Balaban J connectivity index is 2.23. The summed E-state index contributed by atoms with van der Waals surface area (Å²) >= 11 is 6.02. The summed E-state index contributed by atoms with van der Waals surface area (Å²) in [4.78, 5) is 4.74. The fourth-order valence-electron chi connectivity index (χ4n) is 1.56. The fraction of sp³-hybridized carbons (Fsp3) is 0.154. The van der Waals surface area contributed by atoms with Gasteiger partial charge in [0.25, 0.3) is 0 Å². The molecule has 2 N–H and O–H groups in total. The Hall–Kier alpha value is -1.59. The van der Waals surface area contributed by atoms with Crippen LogP contribution in [0.25, 0.3) is 0 Å². The van der Waals surface area contributed by atoms with Crippen LogP contribution in [0.15, 0.2) is 41.3 Å². The number of anilines is 1. The zero-order chi connectivity index (χ0) is 13.8. The van der Waals surface area contributed by atoms with E-state index in [1.165, 1.54) is 7.11 Å². The number of halogens is 1. The van der Waals surface area contributed by atoms with Crippen LogP contribution in [0.1, 0.15) is 5.69 Å². The highest BCUT2D eigenvalue weighted by Crippen LogP contribution is 2.24. The van der Waals surface area contributed by atoms with E-state index in [9.17, 15) is 4.21 Å². The average molecular weight is 297 g/mol. The predicted octanol–water partition coefficient (Wildman–Crippen LogP) is 2.63. The summed E-state index contributed by atoms with van der Waals surface area (Å²) in [5.74, 6) is 0.758. The lowest BCUT2D eigenvalue weighted by atomic mass is 10.3. The molecule has 1 atom stereocenters. The van der Waals surface area contributed by atoms with Crippen molar-refractivity contribution in [1.82, 2.24) is 4.98 Å². The average Bonchev–Trinajstić information content (AvgIpc) is 2.41. The molecule has 1 aromatic carbocycles. The van der Waals surface area contributed by atoms with Gasteiger partial charge in [0, 0.05) is 11.8 Å². The number of ether oxygens (including phenoxy) is 1. The van der Waals surface area contributed by atoms with E-state index in [0.717, 1.165) is 0 Å². The Bertz CT molecular complexity index is 619. The minimum atomic E-state index is -1.30. The molecule has 1 heterocycles. The number of nitrogens with zero attached hydrogens (tertiary/aromatic N) is 1. The molecule has 1 aromatic heterocycles. The second-order valence-corrected chi connectivity index (χ2v) is 5.68. The normalized spacial score (nSPS) is 12.1. The van der Waals surface area contributed by atoms with E-state index >= 15 is 0 Å².